The lowest BCUT2D eigenvalue weighted by Crippen LogP contribution is -2.56. The van der Waals surface area contributed by atoms with E-state index >= 15 is 4.39 Å². The molecule has 3 rings (SSSR count). The fraction of sp³-hybridized carbons (Fsp3) is 0.579. The summed E-state index contributed by atoms with van der Waals surface area (Å²) < 4.78 is 55.0. The summed E-state index contributed by atoms with van der Waals surface area (Å²) >= 11 is 0. The second-order valence-corrected chi connectivity index (χ2v) is 8.44. The number of aromatic amines is 1. The SMILES string of the molecule is CC(C)(C)OC(=O)N1CC[C@@H](Oc2cncc(Nc3cc(OC(F)F)[nH]n3)n2)[C@@](C)(F)C1. The summed E-state index contributed by atoms with van der Waals surface area (Å²) in [7, 11) is 0. The van der Waals surface area contributed by atoms with Crippen LogP contribution in [0.3, 0.4) is 0 Å². The molecule has 0 spiro atoms. The number of piperidine rings is 1. The van der Waals surface area contributed by atoms with Gasteiger partial charge in [-0.2, -0.15) is 18.9 Å². The Balaban J connectivity index is 1.61. The maximum atomic E-state index is 15.3. The zero-order valence-corrected chi connectivity index (χ0v) is 18.1. The van der Waals surface area contributed by atoms with Crippen molar-refractivity contribution in [1.29, 1.82) is 0 Å². The van der Waals surface area contributed by atoms with Gasteiger partial charge < -0.3 is 24.4 Å². The minimum Gasteiger partial charge on any atom is -0.470 e. The summed E-state index contributed by atoms with van der Waals surface area (Å²) in [4.78, 5) is 21.7. The van der Waals surface area contributed by atoms with Crippen molar-refractivity contribution in [3.8, 4) is 11.8 Å². The number of carbonyl (C=O) groups is 1. The molecule has 0 aromatic carbocycles. The van der Waals surface area contributed by atoms with E-state index in [-0.39, 0.29) is 42.9 Å². The highest BCUT2D eigenvalue weighted by atomic mass is 19.3. The average Bonchev–Trinajstić information content (AvgIpc) is 3.08. The van der Waals surface area contributed by atoms with E-state index in [0.29, 0.717) is 0 Å². The van der Waals surface area contributed by atoms with E-state index in [9.17, 15) is 13.6 Å². The number of anilines is 2. The summed E-state index contributed by atoms with van der Waals surface area (Å²) in [6.45, 7) is 3.64. The van der Waals surface area contributed by atoms with Gasteiger partial charge in [-0.05, 0) is 27.7 Å². The second kappa shape index (κ2) is 9.09. The van der Waals surface area contributed by atoms with Crippen LogP contribution >= 0.6 is 0 Å². The lowest BCUT2D eigenvalue weighted by atomic mass is 9.93. The number of amides is 1. The first kappa shape index (κ1) is 23.4. The van der Waals surface area contributed by atoms with Crippen molar-refractivity contribution in [3.63, 3.8) is 0 Å². The summed E-state index contributed by atoms with van der Waals surface area (Å²) in [5.41, 5.74) is -2.54. The van der Waals surface area contributed by atoms with Gasteiger partial charge in [0, 0.05) is 19.0 Å². The average molecular weight is 458 g/mol. The van der Waals surface area contributed by atoms with E-state index in [2.05, 4.69) is 30.2 Å². The van der Waals surface area contributed by atoms with E-state index in [1.54, 1.807) is 20.8 Å². The highest BCUT2D eigenvalue weighted by molar-refractivity contribution is 5.68. The lowest BCUT2D eigenvalue weighted by Gasteiger charge is -2.40. The molecule has 2 aromatic heterocycles. The molecular formula is C19H25F3N6O4. The molecule has 13 heteroatoms. The first-order chi connectivity index (χ1) is 14.9. The fourth-order valence-corrected chi connectivity index (χ4v) is 3.06. The number of ether oxygens (including phenoxy) is 3. The second-order valence-electron chi connectivity index (χ2n) is 8.44. The molecule has 2 atom stereocenters. The van der Waals surface area contributed by atoms with Gasteiger partial charge in [-0.25, -0.2) is 14.3 Å². The van der Waals surface area contributed by atoms with Crippen molar-refractivity contribution < 1.29 is 32.2 Å². The fourth-order valence-electron chi connectivity index (χ4n) is 3.06. The van der Waals surface area contributed by atoms with Gasteiger partial charge in [-0.15, -0.1) is 0 Å². The Bertz CT molecular complexity index is 934. The molecule has 0 unspecified atom stereocenters. The molecule has 0 saturated carbocycles. The predicted molar refractivity (Wildman–Crippen MR) is 107 cm³/mol. The van der Waals surface area contributed by atoms with Crippen molar-refractivity contribution in [1.82, 2.24) is 25.1 Å². The summed E-state index contributed by atoms with van der Waals surface area (Å²) in [6.07, 6.45) is 1.44. The van der Waals surface area contributed by atoms with Crippen molar-refractivity contribution in [3.05, 3.63) is 18.5 Å². The molecule has 1 fully saturated rings. The Hall–Kier alpha value is -3.25. The number of nitrogens with one attached hydrogen (secondary N) is 2. The van der Waals surface area contributed by atoms with Gasteiger partial charge in [0.05, 0.1) is 18.9 Å². The van der Waals surface area contributed by atoms with Crippen LogP contribution < -0.4 is 14.8 Å². The highest BCUT2D eigenvalue weighted by Crippen LogP contribution is 2.30. The van der Waals surface area contributed by atoms with E-state index in [4.69, 9.17) is 9.47 Å². The standard InChI is InChI=1S/C19H25F3N6O4/c1-18(2,3)32-17(29)28-6-5-11(19(4,22)10-28)30-15-9-23-8-13(25-15)24-12-7-14(27-26-12)31-16(20)21/h7-9,11,16H,5-6,10H2,1-4H3,(H2,24,25,26,27)/t11-,19+/m1/s1. The predicted octanol–water partition coefficient (Wildman–Crippen LogP) is 3.66. The lowest BCUT2D eigenvalue weighted by molar-refractivity contribution is -0.0533. The van der Waals surface area contributed by atoms with Crippen LogP contribution in [-0.2, 0) is 4.74 Å². The molecule has 3 heterocycles. The first-order valence-electron chi connectivity index (χ1n) is 9.84. The Morgan fingerprint density at radius 1 is 1.34 bits per heavy atom. The van der Waals surface area contributed by atoms with Crippen LogP contribution in [0.1, 0.15) is 34.1 Å². The Morgan fingerprint density at radius 3 is 2.75 bits per heavy atom. The van der Waals surface area contributed by atoms with Gasteiger partial charge in [0.1, 0.15) is 11.7 Å². The molecule has 1 saturated heterocycles. The van der Waals surface area contributed by atoms with Crippen LogP contribution in [0.15, 0.2) is 18.5 Å². The third-order valence-electron chi connectivity index (χ3n) is 4.39. The Labute approximate surface area is 182 Å². The number of aromatic nitrogens is 4. The van der Waals surface area contributed by atoms with E-state index in [1.165, 1.54) is 30.3 Å². The first-order valence-corrected chi connectivity index (χ1v) is 9.84. The maximum absolute atomic E-state index is 15.3. The summed E-state index contributed by atoms with van der Waals surface area (Å²) in [6, 6.07) is 1.21. The van der Waals surface area contributed by atoms with Gasteiger partial charge in [0.2, 0.25) is 11.8 Å². The number of likely N-dealkylation sites (tertiary alicyclic amines) is 1. The van der Waals surface area contributed by atoms with Crippen LogP contribution in [0.4, 0.5) is 29.6 Å². The molecule has 32 heavy (non-hydrogen) atoms. The Morgan fingerprint density at radius 2 is 2.09 bits per heavy atom. The monoisotopic (exact) mass is 458 g/mol. The number of hydrogen-bond donors (Lipinski definition) is 2. The van der Waals surface area contributed by atoms with Crippen molar-refractivity contribution >= 4 is 17.7 Å². The van der Waals surface area contributed by atoms with Gasteiger partial charge in [-0.3, -0.25) is 4.98 Å². The summed E-state index contributed by atoms with van der Waals surface area (Å²) in [5.74, 6) is 0.180. The van der Waals surface area contributed by atoms with Crippen LogP contribution in [0.5, 0.6) is 11.8 Å². The van der Waals surface area contributed by atoms with Gasteiger partial charge in [0.25, 0.3) is 0 Å². The minimum absolute atomic E-state index is 0.0502. The molecule has 0 radical (unpaired) electrons. The number of H-pyrrole nitrogens is 1. The van der Waals surface area contributed by atoms with E-state index in [1.807, 2.05) is 0 Å². The molecule has 10 nitrogen and oxygen atoms in total. The molecule has 2 N–H and O–H groups in total. The number of halogens is 3. The van der Waals surface area contributed by atoms with Gasteiger partial charge in [0.15, 0.2) is 17.3 Å². The number of rotatable bonds is 6. The number of hydrogen-bond acceptors (Lipinski definition) is 8. The zero-order chi connectivity index (χ0) is 23.5. The molecular weight excluding hydrogens is 433 g/mol. The molecule has 1 aliphatic heterocycles. The van der Waals surface area contributed by atoms with Crippen molar-refractivity contribution in [2.75, 3.05) is 18.4 Å². The Kier molecular flexibility index (Phi) is 6.65. The topological polar surface area (TPSA) is 114 Å². The van der Waals surface area contributed by atoms with E-state index < -0.39 is 30.1 Å². The van der Waals surface area contributed by atoms with Crippen LogP contribution in [0.25, 0.3) is 0 Å². The number of carbonyl (C=O) groups excluding carboxylic acids is 1. The number of alkyl halides is 3. The van der Waals surface area contributed by atoms with Crippen molar-refractivity contribution in [2.24, 2.45) is 0 Å². The quantitative estimate of drug-likeness (QED) is 0.674. The normalized spacial score (nSPS) is 21.4. The smallest absolute Gasteiger partial charge is 0.410 e. The largest absolute Gasteiger partial charge is 0.470 e. The molecule has 176 valence electrons. The van der Waals surface area contributed by atoms with Crippen molar-refractivity contribution in [2.45, 2.75) is 58.1 Å². The molecule has 0 aliphatic carbocycles. The minimum atomic E-state index is -2.99. The summed E-state index contributed by atoms with van der Waals surface area (Å²) in [5, 5.41) is 8.82. The number of nitrogens with zero attached hydrogens (tertiary/aromatic N) is 4. The third-order valence-corrected chi connectivity index (χ3v) is 4.39. The van der Waals surface area contributed by atoms with Gasteiger partial charge >= 0.3 is 12.7 Å². The molecule has 1 amide bonds. The zero-order valence-electron chi connectivity index (χ0n) is 18.1. The molecule has 1 aliphatic rings. The third kappa shape index (κ3) is 6.37. The van der Waals surface area contributed by atoms with Crippen LogP contribution in [0, 0.1) is 0 Å². The molecule has 0 bridgehead atoms. The highest BCUT2D eigenvalue weighted by Gasteiger charge is 2.44. The van der Waals surface area contributed by atoms with E-state index in [0.717, 1.165) is 0 Å². The maximum Gasteiger partial charge on any atom is 0.410 e. The molecule has 2 aromatic rings. The van der Waals surface area contributed by atoms with Gasteiger partial charge in [-0.1, -0.05) is 0 Å². The van der Waals surface area contributed by atoms with Crippen LogP contribution in [-0.4, -0.2) is 68.2 Å². The van der Waals surface area contributed by atoms with Crippen LogP contribution in [0.2, 0.25) is 0 Å².